The zero-order chi connectivity index (χ0) is 12.4. The number of anilines is 1. The van der Waals surface area contributed by atoms with Gasteiger partial charge in [0.1, 0.15) is 11.8 Å². The van der Waals surface area contributed by atoms with Gasteiger partial charge < -0.3 is 15.8 Å². The summed E-state index contributed by atoms with van der Waals surface area (Å²) in [7, 11) is 0. The molecule has 1 aromatic rings. The van der Waals surface area contributed by atoms with E-state index in [1.54, 1.807) is 0 Å². The number of hydrogen-bond acceptors (Lipinski definition) is 3. The van der Waals surface area contributed by atoms with E-state index in [1.165, 1.54) is 0 Å². The molecule has 1 aliphatic heterocycles. The van der Waals surface area contributed by atoms with Gasteiger partial charge in [0.25, 0.3) is 0 Å². The molecule has 1 amide bonds. The molecule has 3 N–H and O–H groups in total. The summed E-state index contributed by atoms with van der Waals surface area (Å²) < 4.78 is 6.47. The van der Waals surface area contributed by atoms with Crippen LogP contribution in [-0.2, 0) is 4.79 Å². The second-order valence-corrected chi connectivity index (χ2v) is 4.89. The van der Waals surface area contributed by atoms with Crippen LogP contribution in [0.3, 0.4) is 0 Å². The Morgan fingerprint density at radius 2 is 2.29 bits per heavy atom. The van der Waals surface area contributed by atoms with Crippen molar-refractivity contribution >= 4 is 27.5 Å². The van der Waals surface area contributed by atoms with E-state index in [4.69, 9.17) is 10.5 Å². The lowest BCUT2D eigenvalue weighted by Crippen LogP contribution is -2.19. The number of benzene rings is 1. The fourth-order valence-electron chi connectivity index (χ4n) is 1.72. The average molecular weight is 299 g/mol. The molecule has 0 radical (unpaired) electrons. The second-order valence-electron chi connectivity index (χ2n) is 4.04. The number of ether oxygens (including phenoxy) is 1. The van der Waals surface area contributed by atoms with Crippen LogP contribution in [0.2, 0.25) is 0 Å². The third-order valence-corrected chi connectivity index (χ3v) is 3.35. The summed E-state index contributed by atoms with van der Waals surface area (Å²) >= 11 is 3.43. The Morgan fingerprint density at radius 3 is 3.00 bits per heavy atom. The molecule has 4 nitrogen and oxygen atoms in total. The SMILES string of the molecule is CCCCOc1cc2c(cc1Br)C(N)C(=O)N2. The predicted molar refractivity (Wildman–Crippen MR) is 70.1 cm³/mol. The minimum absolute atomic E-state index is 0.169. The van der Waals surface area contributed by atoms with Gasteiger partial charge in [-0.15, -0.1) is 0 Å². The summed E-state index contributed by atoms with van der Waals surface area (Å²) in [6, 6.07) is 3.09. The maximum atomic E-state index is 11.4. The molecule has 2 rings (SSSR count). The minimum atomic E-state index is -0.578. The number of carbonyl (C=O) groups excluding carboxylic acids is 1. The molecule has 1 aliphatic rings. The molecular formula is C12H15BrN2O2. The monoisotopic (exact) mass is 298 g/mol. The van der Waals surface area contributed by atoms with Crippen LogP contribution in [0.1, 0.15) is 31.4 Å². The summed E-state index contributed by atoms with van der Waals surface area (Å²) in [5, 5.41) is 2.74. The Bertz CT molecular complexity index is 448. The average Bonchev–Trinajstić information content (AvgIpc) is 2.56. The van der Waals surface area contributed by atoms with Gasteiger partial charge >= 0.3 is 0 Å². The van der Waals surface area contributed by atoms with Gasteiger partial charge in [0.2, 0.25) is 5.91 Å². The molecular weight excluding hydrogens is 284 g/mol. The minimum Gasteiger partial charge on any atom is -0.492 e. The van der Waals surface area contributed by atoms with Gasteiger partial charge in [-0.05, 0) is 28.4 Å². The summed E-state index contributed by atoms with van der Waals surface area (Å²) in [5.74, 6) is 0.573. The molecule has 0 fully saturated rings. The zero-order valence-corrected chi connectivity index (χ0v) is 11.2. The van der Waals surface area contributed by atoms with Crippen LogP contribution < -0.4 is 15.8 Å². The van der Waals surface area contributed by atoms with E-state index >= 15 is 0 Å². The molecule has 1 aromatic carbocycles. The van der Waals surface area contributed by atoms with E-state index in [1.807, 2.05) is 12.1 Å². The van der Waals surface area contributed by atoms with Crippen LogP contribution in [0.15, 0.2) is 16.6 Å². The van der Waals surface area contributed by atoms with Crippen molar-refractivity contribution in [2.24, 2.45) is 5.73 Å². The quantitative estimate of drug-likeness (QED) is 0.840. The van der Waals surface area contributed by atoms with Crippen LogP contribution in [0, 0.1) is 0 Å². The van der Waals surface area contributed by atoms with Gasteiger partial charge in [-0.25, -0.2) is 0 Å². The highest BCUT2D eigenvalue weighted by Gasteiger charge is 2.28. The first-order valence-corrected chi connectivity index (χ1v) is 6.45. The topological polar surface area (TPSA) is 64.3 Å². The van der Waals surface area contributed by atoms with Crippen LogP contribution in [0.25, 0.3) is 0 Å². The third-order valence-electron chi connectivity index (χ3n) is 2.73. The summed E-state index contributed by atoms with van der Waals surface area (Å²) in [5.41, 5.74) is 7.31. The molecule has 0 bridgehead atoms. The standard InChI is InChI=1S/C12H15BrN2O2/c1-2-3-4-17-10-6-9-7(5-8(10)13)11(14)12(16)15-9/h5-6,11H,2-4,14H2,1H3,(H,15,16). The fraction of sp³-hybridized carbons (Fsp3) is 0.417. The fourth-order valence-corrected chi connectivity index (χ4v) is 2.20. The lowest BCUT2D eigenvalue weighted by atomic mass is 10.1. The summed E-state index contributed by atoms with van der Waals surface area (Å²) in [6.45, 7) is 2.79. The number of halogens is 1. The normalized spacial score (nSPS) is 17.8. The molecule has 1 heterocycles. The number of rotatable bonds is 4. The number of nitrogens with one attached hydrogen (secondary N) is 1. The van der Waals surface area contributed by atoms with Crippen LogP contribution >= 0.6 is 15.9 Å². The zero-order valence-electron chi connectivity index (χ0n) is 9.63. The van der Waals surface area contributed by atoms with E-state index in [2.05, 4.69) is 28.2 Å². The third kappa shape index (κ3) is 2.45. The van der Waals surface area contributed by atoms with Crippen molar-refractivity contribution in [1.29, 1.82) is 0 Å². The van der Waals surface area contributed by atoms with E-state index < -0.39 is 6.04 Å². The van der Waals surface area contributed by atoms with Crippen molar-refractivity contribution in [2.75, 3.05) is 11.9 Å². The lowest BCUT2D eigenvalue weighted by molar-refractivity contribution is -0.116. The number of carbonyl (C=O) groups is 1. The van der Waals surface area contributed by atoms with Crippen molar-refractivity contribution in [2.45, 2.75) is 25.8 Å². The van der Waals surface area contributed by atoms with Crippen LogP contribution in [0.5, 0.6) is 5.75 Å². The molecule has 92 valence electrons. The number of nitrogens with two attached hydrogens (primary N) is 1. The Morgan fingerprint density at radius 1 is 1.53 bits per heavy atom. The van der Waals surface area contributed by atoms with Crippen molar-refractivity contribution in [3.63, 3.8) is 0 Å². The first-order chi connectivity index (χ1) is 8.13. The predicted octanol–water partition coefficient (Wildman–Crippen LogP) is 2.58. The van der Waals surface area contributed by atoms with Crippen LogP contribution in [0.4, 0.5) is 5.69 Å². The molecule has 0 saturated heterocycles. The molecule has 0 aromatic heterocycles. The molecule has 0 spiro atoms. The van der Waals surface area contributed by atoms with E-state index in [-0.39, 0.29) is 5.91 Å². The molecule has 0 aliphatic carbocycles. The highest BCUT2D eigenvalue weighted by atomic mass is 79.9. The number of hydrogen-bond donors (Lipinski definition) is 2. The van der Waals surface area contributed by atoms with E-state index in [9.17, 15) is 4.79 Å². The van der Waals surface area contributed by atoms with E-state index in [0.717, 1.165) is 34.3 Å². The maximum Gasteiger partial charge on any atom is 0.245 e. The van der Waals surface area contributed by atoms with Gasteiger partial charge in [0, 0.05) is 17.3 Å². The van der Waals surface area contributed by atoms with Crippen molar-refractivity contribution in [3.8, 4) is 5.75 Å². The number of unbranched alkanes of at least 4 members (excludes halogenated alkanes) is 1. The Hall–Kier alpha value is -1.07. The van der Waals surface area contributed by atoms with Crippen molar-refractivity contribution in [3.05, 3.63) is 22.2 Å². The van der Waals surface area contributed by atoms with Gasteiger partial charge in [0.05, 0.1) is 11.1 Å². The molecule has 17 heavy (non-hydrogen) atoms. The number of amides is 1. The van der Waals surface area contributed by atoms with Crippen molar-refractivity contribution in [1.82, 2.24) is 0 Å². The maximum absolute atomic E-state index is 11.4. The van der Waals surface area contributed by atoms with Gasteiger partial charge in [-0.2, -0.15) is 0 Å². The van der Waals surface area contributed by atoms with E-state index in [0.29, 0.717) is 6.61 Å². The first-order valence-electron chi connectivity index (χ1n) is 5.66. The van der Waals surface area contributed by atoms with Crippen molar-refractivity contribution < 1.29 is 9.53 Å². The molecule has 5 heteroatoms. The largest absolute Gasteiger partial charge is 0.492 e. The smallest absolute Gasteiger partial charge is 0.245 e. The summed E-state index contributed by atoms with van der Waals surface area (Å²) in [6.07, 6.45) is 2.10. The lowest BCUT2D eigenvalue weighted by Gasteiger charge is -2.10. The molecule has 1 unspecified atom stereocenters. The van der Waals surface area contributed by atoms with Crippen LogP contribution in [-0.4, -0.2) is 12.5 Å². The Kier molecular flexibility index (Phi) is 3.69. The van der Waals surface area contributed by atoms with Gasteiger partial charge in [-0.3, -0.25) is 4.79 Å². The summed E-state index contributed by atoms with van der Waals surface area (Å²) in [4.78, 5) is 11.4. The first kappa shape index (κ1) is 12.4. The molecule has 1 atom stereocenters. The Balaban J connectivity index is 2.21. The highest BCUT2D eigenvalue weighted by Crippen LogP contribution is 2.37. The van der Waals surface area contributed by atoms with Gasteiger partial charge in [-0.1, -0.05) is 13.3 Å². The molecule has 0 saturated carbocycles. The highest BCUT2D eigenvalue weighted by molar-refractivity contribution is 9.10. The second kappa shape index (κ2) is 5.06. The van der Waals surface area contributed by atoms with Gasteiger partial charge in [0.15, 0.2) is 0 Å². The Labute approximate surface area is 109 Å². The number of fused-ring (bicyclic) bond motifs is 1.